The second-order valence-corrected chi connectivity index (χ2v) is 5.90. The summed E-state index contributed by atoms with van der Waals surface area (Å²) >= 11 is 0. The number of H-pyrrole nitrogens is 1. The number of aromatic amines is 1. The van der Waals surface area contributed by atoms with Crippen molar-refractivity contribution >= 4 is 16.9 Å². The summed E-state index contributed by atoms with van der Waals surface area (Å²) in [4.78, 5) is 23.0. The van der Waals surface area contributed by atoms with Gasteiger partial charge in [-0.15, -0.1) is 0 Å². The van der Waals surface area contributed by atoms with Crippen molar-refractivity contribution < 1.29 is 4.79 Å². The molecule has 2 aromatic carbocycles. The van der Waals surface area contributed by atoms with Crippen LogP contribution < -0.4 is 5.73 Å². The smallest absolute Gasteiger partial charge is 0.248 e. The minimum atomic E-state index is -0.406. The number of nitrogens with one attached hydrogen (secondary N) is 1. The lowest BCUT2D eigenvalue weighted by Gasteiger charge is -2.06. The van der Waals surface area contributed by atoms with Crippen molar-refractivity contribution in [2.45, 2.75) is 6.42 Å². The van der Waals surface area contributed by atoms with Crippen LogP contribution >= 0.6 is 0 Å². The molecule has 122 valence electrons. The van der Waals surface area contributed by atoms with E-state index in [1.807, 2.05) is 30.5 Å². The molecular formula is C20H16N4O. The largest absolute Gasteiger partial charge is 0.366 e. The number of carbonyl (C=O) groups is 1. The number of amides is 1. The van der Waals surface area contributed by atoms with Crippen LogP contribution in [0.5, 0.6) is 0 Å². The van der Waals surface area contributed by atoms with Gasteiger partial charge in [-0.3, -0.25) is 4.79 Å². The van der Waals surface area contributed by atoms with Crippen LogP contribution in [0.1, 0.15) is 21.5 Å². The molecule has 0 aliphatic carbocycles. The Morgan fingerprint density at radius 1 is 1.00 bits per heavy atom. The van der Waals surface area contributed by atoms with E-state index in [1.165, 1.54) is 0 Å². The maximum atomic E-state index is 11.3. The summed E-state index contributed by atoms with van der Waals surface area (Å²) in [6.07, 6.45) is 4.17. The Morgan fingerprint density at radius 3 is 2.64 bits per heavy atom. The maximum absolute atomic E-state index is 11.3. The average molecular weight is 328 g/mol. The van der Waals surface area contributed by atoms with Gasteiger partial charge in [0.1, 0.15) is 12.0 Å². The highest BCUT2D eigenvalue weighted by Gasteiger charge is 2.07. The fourth-order valence-electron chi connectivity index (χ4n) is 2.95. The van der Waals surface area contributed by atoms with E-state index in [4.69, 9.17) is 5.73 Å². The van der Waals surface area contributed by atoms with Crippen molar-refractivity contribution in [3.8, 4) is 11.3 Å². The summed E-state index contributed by atoms with van der Waals surface area (Å²) in [5.41, 5.74) is 10.9. The number of aromatic nitrogens is 3. The first kappa shape index (κ1) is 15.1. The van der Waals surface area contributed by atoms with Gasteiger partial charge in [0.25, 0.3) is 0 Å². The second kappa shape index (κ2) is 6.20. The minimum Gasteiger partial charge on any atom is -0.366 e. The van der Waals surface area contributed by atoms with Crippen molar-refractivity contribution in [3.63, 3.8) is 0 Å². The van der Waals surface area contributed by atoms with Crippen molar-refractivity contribution in [3.05, 3.63) is 83.8 Å². The van der Waals surface area contributed by atoms with Crippen molar-refractivity contribution in [2.75, 3.05) is 0 Å². The zero-order valence-corrected chi connectivity index (χ0v) is 13.4. The number of hydrogen-bond donors (Lipinski definition) is 2. The fraction of sp³-hybridized carbons (Fsp3) is 0.0500. The van der Waals surface area contributed by atoms with E-state index in [0.29, 0.717) is 5.56 Å². The van der Waals surface area contributed by atoms with Gasteiger partial charge >= 0.3 is 0 Å². The van der Waals surface area contributed by atoms with Crippen LogP contribution in [0.3, 0.4) is 0 Å². The van der Waals surface area contributed by atoms with Gasteiger partial charge in [-0.2, -0.15) is 0 Å². The molecule has 4 aromatic rings. The van der Waals surface area contributed by atoms with Crippen LogP contribution in [0.15, 0.2) is 67.1 Å². The normalized spacial score (nSPS) is 10.9. The van der Waals surface area contributed by atoms with Crippen LogP contribution in [0.4, 0.5) is 0 Å². The average Bonchev–Trinajstić information content (AvgIpc) is 3.11. The lowest BCUT2D eigenvalue weighted by molar-refractivity contribution is 0.1000. The number of nitrogens with two attached hydrogens (primary N) is 1. The Morgan fingerprint density at radius 2 is 1.84 bits per heavy atom. The standard InChI is InChI=1S/C20H16N4O/c21-19(25)16-3-1-2-14(11-16)10-13-4-6-15(7-5-13)18-17-8-9-22-20(17)24-12-23-18/h1-9,11-12H,10H2,(H2,21,25)(H,22,23,24). The molecule has 0 unspecified atom stereocenters. The lowest BCUT2D eigenvalue weighted by Crippen LogP contribution is -2.11. The minimum absolute atomic E-state index is 0.406. The first-order chi connectivity index (χ1) is 12.2. The Labute approximate surface area is 144 Å². The van der Waals surface area contributed by atoms with Gasteiger partial charge in [-0.05, 0) is 35.7 Å². The number of hydrogen-bond acceptors (Lipinski definition) is 3. The highest BCUT2D eigenvalue weighted by Crippen LogP contribution is 2.25. The summed E-state index contributed by atoms with van der Waals surface area (Å²) < 4.78 is 0. The van der Waals surface area contributed by atoms with E-state index in [2.05, 4.69) is 39.2 Å². The van der Waals surface area contributed by atoms with Crippen LogP contribution in [0.2, 0.25) is 0 Å². The zero-order valence-electron chi connectivity index (χ0n) is 13.4. The molecule has 2 heterocycles. The fourth-order valence-corrected chi connectivity index (χ4v) is 2.95. The number of nitrogens with zero attached hydrogens (tertiary/aromatic N) is 2. The predicted molar refractivity (Wildman–Crippen MR) is 97.1 cm³/mol. The third kappa shape index (κ3) is 2.99. The van der Waals surface area contributed by atoms with E-state index in [0.717, 1.165) is 39.8 Å². The first-order valence-electron chi connectivity index (χ1n) is 7.97. The van der Waals surface area contributed by atoms with Crippen LogP contribution in [0.25, 0.3) is 22.3 Å². The predicted octanol–water partition coefficient (Wildman–Crippen LogP) is 3.31. The summed E-state index contributed by atoms with van der Waals surface area (Å²) in [5, 5.41) is 1.00. The first-order valence-corrected chi connectivity index (χ1v) is 7.97. The molecule has 0 bridgehead atoms. The molecule has 1 amide bonds. The molecule has 4 rings (SSSR count). The number of fused-ring (bicyclic) bond motifs is 1. The number of benzene rings is 2. The van der Waals surface area contributed by atoms with E-state index < -0.39 is 5.91 Å². The van der Waals surface area contributed by atoms with Crippen LogP contribution in [-0.2, 0) is 6.42 Å². The van der Waals surface area contributed by atoms with Crippen molar-refractivity contribution in [2.24, 2.45) is 5.73 Å². The lowest BCUT2D eigenvalue weighted by atomic mass is 10.0. The van der Waals surface area contributed by atoms with Crippen molar-refractivity contribution in [1.82, 2.24) is 15.0 Å². The summed E-state index contributed by atoms with van der Waals surface area (Å²) in [7, 11) is 0. The number of carbonyl (C=O) groups excluding carboxylic acids is 1. The molecule has 0 radical (unpaired) electrons. The molecule has 3 N–H and O–H groups in total. The molecule has 2 aromatic heterocycles. The van der Waals surface area contributed by atoms with Gasteiger partial charge in [-0.1, -0.05) is 36.4 Å². The molecule has 25 heavy (non-hydrogen) atoms. The molecule has 0 spiro atoms. The van der Waals surface area contributed by atoms with Gasteiger partial charge in [-0.25, -0.2) is 9.97 Å². The third-order valence-corrected chi connectivity index (χ3v) is 4.20. The zero-order chi connectivity index (χ0) is 17.2. The monoisotopic (exact) mass is 328 g/mol. The molecule has 0 atom stereocenters. The van der Waals surface area contributed by atoms with Crippen LogP contribution in [-0.4, -0.2) is 20.9 Å². The molecule has 0 saturated carbocycles. The highest BCUT2D eigenvalue weighted by molar-refractivity contribution is 5.93. The molecule has 0 aliphatic rings. The summed E-state index contributed by atoms with van der Waals surface area (Å²) in [6.45, 7) is 0. The Balaban J connectivity index is 1.61. The van der Waals surface area contributed by atoms with E-state index >= 15 is 0 Å². The number of rotatable bonds is 4. The molecule has 0 saturated heterocycles. The van der Waals surface area contributed by atoms with Crippen LogP contribution in [0, 0.1) is 0 Å². The third-order valence-electron chi connectivity index (χ3n) is 4.20. The summed E-state index contributed by atoms with van der Waals surface area (Å²) in [6, 6.07) is 17.7. The second-order valence-electron chi connectivity index (χ2n) is 5.90. The molecule has 5 nitrogen and oxygen atoms in total. The maximum Gasteiger partial charge on any atom is 0.248 e. The van der Waals surface area contributed by atoms with E-state index in [1.54, 1.807) is 12.4 Å². The molecule has 5 heteroatoms. The van der Waals surface area contributed by atoms with E-state index in [9.17, 15) is 4.79 Å². The van der Waals surface area contributed by atoms with Gasteiger partial charge < -0.3 is 10.7 Å². The van der Waals surface area contributed by atoms with Gasteiger partial charge in [0, 0.05) is 22.7 Å². The Bertz CT molecular complexity index is 1050. The SMILES string of the molecule is NC(=O)c1cccc(Cc2ccc(-c3ncnc4[nH]ccc34)cc2)c1. The Kier molecular flexibility index (Phi) is 3.74. The van der Waals surface area contributed by atoms with Crippen molar-refractivity contribution in [1.29, 1.82) is 0 Å². The topological polar surface area (TPSA) is 84.7 Å². The number of primary amides is 1. The van der Waals surface area contributed by atoms with E-state index in [-0.39, 0.29) is 0 Å². The molecular weight excluding hydrogens is 312 g/mol. The summed E-state index contributed by atoms with van der Waals surface area (Å²) in [5.74, 6) is -0.406. The van der Waals surface area contributed by atoms with Gasteiger partial charge in [0.2, 0.25) is 5.91 Å². The Hall–Kier alpha value is -3.47. The highest BCUT2D eigenvalue weighted by atomic mass is 16.1. The van der Waals surface area contributed by atoms with Gasteiger partial charge in [0.15, 0.2) is 0 Å². The molecule has 0 aliphatic heterocycles. The van der Waals surface area contributed by atoms with Gasteiger partial charge in [0.05, 0.1) is 5.69 Å². The quantitative estimate of drug-likeness (QED) is 0.603. The molecule has 0 fully saturated rings.